The zero-order valence-corrected chi connectivity index (χ0v) is 20.2. The average Bonchev–Trinajstić information content (AvgIpc) is 2.74. The van der Waals surface area contributed by atoms with E-state index < -0.39 is 37.4 Å². The fourth-order valence-corrected chi connectivity index (χ4v) is 4.61. The first-order valence-electron chi connectivity index (χ1n) is 8.65. The quantitative estimate of drug-likeness (QED) is 0.319. The van der Waals surface area contributed by atoms with Crippen molar-refractivity contribution in [2.75, 3.05) is 12.3 Å². The van der Waals surface area contributed by atoms with Gasteiger partial charge < -0.3 is 9.66 Å². The Hall–Kier alpha value is -0.820. The molecule has 1 aromatic carbocycles. The molecule has 157 valence electrons. The summed E-state index contributed by atoms with van der Waals surface area (Å²) in [5, 5.41) is 8.91. The van der Waals surface area contributed by atoms with Crippen LogP contribution in [0.3, 0.4) is 0 Å². The third-order valence-corrected chi connectivity index (χ3v) is 6.83. The summed E-state index contributed by atoms with van der Waals surface area (Å²) in [6, 6.07) is 4.01. The molecule has 1 radical (unpaired) electrons. The fourth-order valence-electron chi connectivity index (χ4n) is 3.62. The van der Waals surface area contributed by atoms with Crippen molar-refractivity contribution in [2.24, 2.45) is 0 Å². The Morgan fingerprint density at radius 1 is 1.21 bits per heavy atom. The van der Waals surface area contributed by atoms with Crippen LogP contribution in [0.15, 0.2) is 23.1 Å². The fraction of sp³-hybridized carbons (Fsp3) is 0.529. The molecule has 12 heteroatoms. The Bertz CT molecular complexity index is 1030. The van der Waals surface area contributed by atoms with Crippen LogP contribution in [-0.2, 0) is 30.4 Å². The SMILES string of the molecule is CC1=[N+](CCCS(=O)(=O)O)c2ccc(S(=O)(=O)[O-])cc2C1(C)CCCC(=O)O.[Na]. The van der Waals surface area contributed by atoms with Crippen LogP contribution in [0, 0.1) is 0 Å². The number of fused-ring (bicyclic) bond motifs is 1. The van der Waals surface area contributed by atoms with Crippen molar-refractivity contribution in [1.29, 1.82) is 0 Å². The van der Waals surface area contributed by atoms with Gasteiger partial charge in [-0.25, -0.2) is 8.42 Å². The molecule has 2 N–H and O–H groups in total. The normalized spacial score (nSPS) is 19.0. The number of rotatable bonds is 9. The summed E-state index contributed by atoms with van der Waals surface area (Å²) < 4.78 is 67.1. The Balaban J connectivity index is 0.00000420. The third kappa shape index (κ3) is 6.33. The maximum Gasteiger partial charge on any atom is 0.303 e. The zero-order valence-electron chi connectivity index (χ0n) is 16.6. The Labute approximate surface area is 192 Å². The van der Waals surface area contributed by atoms with Gasteiger partial charge in [0.1, 0.15) is 16.7 Å². The van der Waals surface area contributed by atoms with Gasteiger partial charge in [0.05, 0.1) is 16.1 Å². The van der Waals surface area contributed by atoms with Crippen LogP contribution in [0.4, 0.5) is 5.69 Å². The van der Waals surface area contributed by atoms with E-state index >= 15 is 0 Å². The molecule has 1 unspecified atom stereocenters. The molecule has 2 rings (SSSR count). The van der Waals surface area contributed by atoms with Crippen LogP contribution < -0.4 is 0 Å². The van der Waals surface area contributed by atoms with Crippen LogP contribution in [0.25, 0.3) is 0 Å². The Kier molecular flexibility index (Phi) is 8.63. The van der Waals surface area contributed by atoms with Crippen LogP contribution >= 0.6 is 0 Å². The summed E-state index contributed by atoms with van der Waals surface area (Å²) in [5.74, 6) is -1.37. The molecule has 0 aromatic heterocycles. The minimum atomic E-state index is -4.66. The van der Waals surface area contributed by atoms with Gasteiger partial charge in [0.2, 0.25) is 5.69 Å². The zero-order chi connectivity index (χ0) is 21.3. The number of benzene rings is 1. The van der Waals surface area contributed by atoms with E-state index in [1.165, 1.54) is 18.2 Å². The van der Waals surface area contributed by atoms with Crippen LogP contribution in [0.2, 0.25) is 0 Å². The molecular weight excluding hydrogens is 433 g/mol. The molecular formula is C17H23NNaO8S2. The second kappa shape index (κ2) is 9.54. The Morgan fingerprint density at radius 3 is 2.34 bits per heavy atom. The van der Waals surface area contributed by atoms with Crippen molar-refractivity contribution < 1.29 is 40.4 Å². The van der Waals surface area contributed by atoms with Crippen molar-refractivity contribution in [3.05, 3.63) is 23.8 Å². The summed E-state index contributed by atoms with van der Waals surface area (Å²) in [5.41, 5.74) is 1.31. The smallest absolute Gasteiger partial charge is 0.303 e. The molecule has 1 aliphatic rings. The summed E-state index contributed by atoms with van der Waals surface area (Å²) in [4.78, 5) is 10.5. The van der Waals surface area contributed by atoms with Crippen LogP contribution in [0.5, 0.6) is 0 Å². The number of carboxylic acids is 1. The Morgan fingerprint density at radius 2 is 1.83 bits per heavy atom. The standard InChI is InChI=1S/C17H23NO8S2.Na/c1-12-17(2,8-3-5-16(19)20)14-11-13(28(24,25)26)6-7-15(14)18(12)9-4-10-27(21,22)23;/h6-7,11H,3-5,8-10H2,1-2H3,(H2-,19,20,21,22,23,24,25,26);. The molecule has 0 bridgehead atoms. The molecule has 0 amide bonds. The molecule has 1 heterocycles. The first-order chi connectivity index (χ1) is 12.8. The van der Waals surface area contributed by atoms with Crippen molar-refractivity contribution >= 4 is 67.2 Å². The number of aliphatic carboxylic acids is 1. The van der Waals surface area contributed by atoms with Crippen molar-refractivity contribution in [3.63, 3.8) is 0 Å². The van der Waals surface area contributed by atoms with Gasteiger partial charge in [-0.3, -0.25) is 9.35 Å². The minimum Gasteiger partial charge on any atom is -0.744 e. The van der Waals surface area contributed by atoms with E-state index in [9.17, 15) is 26.2 Å². The van der Waals surface area contributed by atoms with E-state index in [1.807, 2.05) is 11.5 Å². The number of hydrogen-bond donors (Lipinski definition) is 2. The van der Waals surface area contributed by atoms with Gasteiger partial charge >= 0.3 is 5.97 Å². The molecule has 1 aromatic rings. The summed E-state index contributed by atoms with van der Waals surface area (Å²) in [7, 11) is -8.78. The third-order valence-electron chi connectivity index (χ3n) is 5.20. The molecule has 0 aliphatic carbocycles. The average molecular weight is 456 g/mol. The van der Waals surface area contributed by atoms with Gasteiger partial charge in [0, 0.05) is 61.0 Å². The largest absolute Gasteiger partial charge is 0.744 e. The molecule has 1 atom stereocenters. The molecule has 0 fully saturated rings. The maximum absolute atomic E-state index is 11.4. The van der Waals surface area contributed by atoms with Crippen LogP contribution in [0.1, 0.15) is 45.1 Å². The topological polar surface area (TPSA) is 152 Å². The van der Waals surface area contributed by atoms with Crippen molar-refractivity contribution in [2.45, 2.75) is 49.8 Å². The van der Waals surface area contributed by atoms with Gasteiger partial charge in [-0.1, -0.05) is 0 Å². The van der Waals surface area contributed by atoms with E-state index in [0.29, 0.717) is 24.1 Å². The predicted octanol–water partition coefficient (Wildman–Crippen LogP) is 1.12. The van der Waals surface area contributed by atoms with E-state index in [-0.39, 0.29) is 53.8 Å². The second-order valence-electron chi connectivity index (χ2n) is 7.09. The van der Waals surface area contributed by atoms with E-state index in [1.54, 1.807) is 6.92 Å². The summed E-state index contributed by atoms with van der Waals surface area (Å²) >= 11 is 0. The number of hydrogen-bond acceptors (Lipinski definition) is 6. The van der Waals surface area contributed by atoms with Crippen molar-refractivity contribution in [3.8, 4) is 0 Å². The molecule has 1 aliphatic heterocycles. The summed E-state index contributed by atoms with van der Waals surface area (Å²) in [6.45, 7) is 3.91. The van der Waals surface area contributed by atoms with E-state index in [0.717, 1.165) is 5.71 Å². The molecule has 0 saturated heterocycles. The first-order valence-corrected chi connectivity index (χ1v) is 11.7. The first kappa shape index (κ1) is 26.2. The predicted molar refractivity (Wildman–Crippen MR) is 105 cm³/mol. The van der Waals surface area contributed by atoms with E-state index in [2.05, 4.69) is 0 Å². The van der Waals surface area contributed by atoms with E-state index in [4.69, 9.17) is 9.66 Å². The molecule has 9 nitrogen and oxygen atoms in total. The minimum absolute atomic E-state index is 0. The molecule has 0 saturated carbocycles. The van der Waals surface area contributed by atoms with Gasteiger partial charge in [-0.2, -0.15) is 13.0 Å². The second-order valence-corrected chi connectivity index (χ2v) is 10.0. The van der Waals surface area contributed by atoms with Gasteiger partial charge in [0.25, 0.3) is 10.1 Å². The molecule has 29 heavy (non-hydrogen) atoms. The van der Waals surface area contributed by atoms with Gasteiger partial charge in [-0.05, 0) is 31.9 Å². The number of nitrogens with zero attached hydrogens (tertiary/aromatic N) is 1. The summed E-state index contributed by atoms with van der Waals surface area (Å²) in [6.07, 6.45) is 0.841. The van der Waals surface area contributed by atoms with Gasteiger partial charge in [0.15, 0.2) is 5.71 Å². The van der Waals surface area contributed by atoms with Gasteiger partial charge in [-0.15, -0.1) is 0 Å². The maximum atomic E-state index is 11.4. The van der Waals surface area contributed by atoms with Crippen molar-refractivity contribution in [1.82, 2.24) is 0 Å². The monoisotopic (exact) mass is 456 g/mol. The number of carbonyl (C=O) groups is 1. The number of carboxylic acid groups (broad SMARTS) is 1. The van der Waals surface area contributed by atoms with Crippen LogP contribution in [-0.4, -0.2) is 89.2 Å². The molecule has 0 spiro atoms.